The Hall–Kier alpha value is -2.91. The van der Waals surface area contributed by atoms with Gasteiger partial charge in [-0.25, -0.2) is 0 Å². The predicted molar refractivity (Wildman–Crippen MR) is 82.8 cm³/mol. The van der Waals surface area contributed by atoms with Crippen molar-refractivity contribution in [2.24, 2.45) is 0 Å². The SMILES string of the molecule is N#Cc1c(SCC(=O)O)ccc2c1C(=O)c1ccccc1C2=O. The number of aliphatic carboxylic acids is 1. The highest BCUT2D eigenvalue weighted by atomic mass is 32.2. The van der Waals surface area contributed by atoms with Crippen molar-refractivity contribution >= 4 is 29.3 Å². The van der Waals surface area contributed by atoms with Crippen LogP contribution in [0.3, 0.4) is 0 Å². The average molecular weight is 323 g/mol. The Kier molecular flexibility index (Phi) is 3.72. The topological polar surface area (TPSA) is 95.2 Å². The zero-order chi connectivity index (χ0) is 16.6. The molecule has 6 heteroatoms. The van der Waals surface area contributed by atoms with Gasteiger partial charge in [-0.3, -0.25) is 14.4 Å². The van der Waals surface area contributed by atoms with E-state index in [1.807, 2.05) is 6.07 Å². The first-order valence-electron chi connectivity index (χ1n) is 6.64. The van der Waals surface area contributed by atoms with E-state index in [0.717, 1.165) is 11.8 Å². The molecule has 0 atom stereocenters. The fourth-order valence-corrected chi connectivity index (χ4v) is 3.27. The van der Waals surface area contributed by atoms with E-state index >= 15 is 0 Å². The second-order valence-electron chi connectivity index (χ2n) is 4.86. The molecule has 2 aromatic rings. The highest BCUT2D eigenvalue weighted by molar-refractivity contribution is 8.00. The van der Waals surface area contributed by atoms with Crippen molar-refractivity contribution in [2.75, 3.05) is 5.75 Å². The smallest absolute Gasteiger partial charge is 0.313 e. The van der Waals surface area contributed by atoms with Gasteiger partial charge in [0.15, 0.2) is 11.6 Å². The molecule has 0 unspecified atom stereocenters. The number of fused-ring (bicyclic) bond motifs is 2. The molecule has 23 heavy (non-hydrogen) atoms. The van der Waals surface area contributed by atoms with E-state index < -0.39 is 5.97 Å². The number of hydrogen-bond acceptors (Lipinski definition) is 5. The molecule has 0 fully saturated rings. The Morgan fingerprint density at radius 3 is 2.30 bits per heavy atom. The molecule has 0 heterocycles. The zero-order valence-corrected chi connectivity index (χ0v) is 12.5. The van der Waals surface area contributed by atoms with E-state index in [4.69, 9.17) is 5.11 Å². The van der Waals surface area contributed by atoms with Crippen LogP contribution in [0.1, 0.15) is 37.4 Å². The maximum Gasteiger partial charge on any atom is 0.313 e. The van der Waals surface area contributed by atoms with E-state index in [1.165, 1.54) is 12.1 Å². The van der Waals surface area contributed by atoms with Gasteiger partial charge in [0.2, 0.25) is 0 Å². The van der Waals surface area contributed by atoms with Gasteiger partial charge in [-0.1, -0.05) is 24.3 Å². The summed E-state index contributed by atoms with van der Waals surface area (Å²) < 4.78 is 0. The van der Waals surface area contributed by atoms with Crippen molar-refractivity contribution in [1.82, 2.24) is 0 Å². The third-order valence-electron chi connectivity index (χ3n) is 3.52. The van der Waals surface area contributed by atoms with E-state index in [1.54, 1.807) is 24.3 Å². The standard InChI is InChI=1S/C17H9NO4S/c18-7-12-13(23-8-14(19)20)6-5-11-15(12)17(22)10-4-2-1-3-9(10)16(11)21/h1-6H,8H2,(H,19,20). The van der Waals surface area contributed by atoms with Crippen molar-refractivity contribution < 1.29 is 19.5 Å². The quantitative estimate of drug-likeness (QED) is 0.744. The number of nitriles is 1. The van der Waals surface area contributed by atoms with Crippen LogP contribution in [0.5, 0.6) is 0 Å². The lowest BCUT2D eigenvalue weighted by Gasteiger charge is -2.19. The van der Waals surface area contributed by atoms with Gasteiger partial charge in [0.1, 0.15) is 6.07 Å². The van der Waals surface area contributed by atoms with Crippen molar-refractivity contribution in [3.8, 4) is 6.07 Å². The van der Waals surface area contributed by atoms with E-state index in [2.05, 4.69) is 0 Å². The van der Waals surface area contributed by atoms with Gasteiger partial charge in [0, 0.05) is 21.6 Å². The molecule has 0 spiro atoms. The van der Waals surface area contributed by atoms with Gasteiger partial charge in [0.05, 0.1) is 16.9 Å². The van der Waals surface area contributed by atoms with Crippen LogP contribution >= 0.6 is 11.8 Å². The van der Waals surface area contributed by atoms with Crippen LogP contribution in [0.15, 0.2) is 41.3 Å². The summed E-state index contributed by atoms with van der Waals surface area (Å²) in [4.78, 5) is 36.3. The Balaban J connectivity index is 2.19. The summed E-state index contributed by atoms with van der Waals surface area (Å²) in [5.41, 5.74) is 0.889. The van der Waals surface area contributed by atoms with Crippen LogP contribution in [-0.2, 0) is 4.79 Å². The predicted octanol–water partition coefficient (Wildman–Crippen LogP) is 2.51. The van der Waals surface area contributed by atoms with E-state index in [9.17, 15) is 19.6 Å². The molecular weight excluding hydrogens is 314 g/mol. The molecule has 2 aromatic carbocycles. The van der Waals surface area contributed by atoms with Crippen molar-refractivity contribution in [3.63, 3.8) is 0 Å². The number of carbonyl (C=O) groups is 3. The maximum atomic E-state index is 12.7. The number of rotatable bonds is 3. The average Bonchev–Trinajstić information content (AvgIpc) is 2.56. The first-order chi connectivity index (χ1) is 11.0. The molecule has 1 N–H and O–H groups in total. The lowest BCUT2D eigenvalue weighted by molar-refractivity contribution is -0.133. The molecule has 0 aliphatic heterocycles. The Morgan fingerprint density at radius 2 is 1.70 bits per heavy atom. The summed E-state index contributed by atoms with van der Waals surface area (Å²) >= 11 is 0.952. The van der Waals surface area contributed by atoms with Crippen molar-refractivity contribution in [1.29, 1.82) is 5.26 Å². The van der Waals surface area contributed by atoms with E-state index in [0.29, 0.717) is 10.5 Å². The van der Waals surface area contributed by atoms with Gasteiger partial charge < -0.3 is 5.11 Å². The van der Waals surface area contributed by atoms with Gasteiger partial charge in [0.25, 0.3) is 0 Å². The maximum absolute atomic E-state index is 12.7. The minimum Gasteiger partial charge on any atom is -0.481 e. The largest absolute Gasteiger partial charge is 0.481 e. The zero-order valence-electron chi connectivity index (χ0n) is 11.7. The highest BCUT2D eigenvalue weighted by Gasteiger charge is 2.32. The van der Waals surface area contributed by atoms with E-state index in [-0.39, 0.29) is 39.6 Å². The van der Waals surface area contributed by atoms with Crippen LogP contribution in [0, 0.1) is 11.3 Å². The van der Waals surface area contributed by atoms with Crippen LogP contribution in [0.4, 0.5) is 0 Å². The lowest BCUT2D eigenvalue weighted by atomic mass is 9.82. The van der Waals surface area contributed by atoms with Gasteiger partial charge in [-0.05, 0) is 12.1 Å². The molecule has 3 rings (SSSR count). The number of ketones is 2. The number of thioether (sulfide) groups is 1. The number of nitrogens with zero attached hydrogens (tertiary/aromatic N) is 1. The molecule has 0 bridgehead atoms. The van der Waals surface area contributed by atoms with Gasteiger partial charge >= 0.3 is 5.97 Å². The number of carboxylic acid groups (broad SMARTS) is 1. The summed E-state index contributed by atoms with van der Waals surface area (Å²) in [7, 11) is 0. The highest BCUT2D eigenvalue weighted by Crippen LogP contribution is 2.34. The number of benzene rings is 2. The fourth-order valence-electron chi connectivity index (χ4n) is 2.54. The number of hydrogen-bond donors (Lipinski definition) is 1. The molecule has 0 radical (unpaired) electrons. The third kappa shape index (κ3) is 2.41. The third-order valence-corrected chi connectivity index (χ3v) is 4.56. The van der Waals surface area contributed by atoms with Gasteiger partial charge in [-0.15, -0.1) is 11.8 Å². The molecule has 0 saturated heterocycles. The monoisotopic (exact) mass is 323 g/mol. The fraction of sp³-hybridized carbons (Fsp3) is 0.0588. The number of carbonyl (C=O) groups excluding carboxylic acids is 2. The molecule has 0 saturated carbocycles. The second-order valence-corrected chi connectivity index (χ2v) is 5.88. The molecule has 0 amide bonds. The van der Waals surface area contributed by atoms with Crippen molar-refractivity contribution in [3.05, 3.63) is 64.2 Å². The Morgan fingerprint density at radius 1 is 1.04 bits per heavy atom. The lowest BCUT2D eigenvalue weighted by Crippen LogP contribution is -2.22. The molecule has 5 nitrogen and oxygen atoms in total. The van der Waals surface area contributed by atoms with Crippen LogP contribution in [0.2, 0.25) is 0 Å². The first-order valence-corrected chi connectivity index (χ1v) is 7.63. The normalized spacial score (nSPS) is 12.3. The first kappa shape index (κ1) is 15.0. The molecule has 112 valence electrons. The summed E-state index contributed by atoms with van der Waals surface area (Å²) in [6, 6.07) is 11.4. The minimum absolute atomic E-state index is 0.0570. The second kappa shape index (κ2) is 5.71. The van der Waals surface area contributed by atoms with Crippen molar-refractivity contribution in [2.45, 2.75) is 4.90 Å². The minimum atomic E-state index is -1.02. The molecular formula is C17H9NO4S. The number of carboxylic acids is 1. The summed E-state index contributed by atoms with van der Waals surface area (Å²) in [5, 5.41) is 18.2. The summed E-state index contributed by atoms with van der Waals surface area (Å²) in [5.74, 6) is -1.94. The molecule has 1 aliphatic carbocycles. The Bertz CT molecular complexity index is 911. The molecule has 1 aliphatic rings. The Labute approximate surface area is 135 Å². The van der Waals surface area contributed by atoms with Gasteiger partial charge in [-0.2, -0.15) is 5.26 Å². The molecule has 0 aromatic heterocycles. The van der Waals surface area contributed by atoms with Crippen LogP contribution < -0.4 is 0 Å². The summed E-state index contributed by atoms with van der Waals surface area (Å²) in [6.07, 6.45) is 0. The van der Waals surface area contributed by atoms with Crippen LogP contribution in [-0.4, -0.2) is 28.4 Å². The van der Waals surface area contributed by atoms with Crippen LogP contribution in [0.25, 0.3) is 0 Å². The summed E-state index contributed by atoms with van der Waals surface area (Å²) in [6.45, 7) is 0.